The summed E-state index contributed by atoms with van der Waals surface area (Å²) in [7, 11) is 0. The SMILES string of the molecule is O=C(c1cc(-c2cccnc2)n(-c2ccc(C(F)(F)F)c(F)c2)n1)N1CCC2(CC1)C(=O)NCN2c1ccc(F)c(Cl)c1. The third-order valence-electron chi connectivity index (χ3n) is 7.82. The van der Waals surface area contributed by atoms with E-state index in [1.165, 1.54) is 46.2 Å². The molecule has 2 amide bonds. The molecule has 4 aromatic rings. The van der Waals surface area contributed by atoms with Gasteiger partial charge in [0.05, 0.1) is 28.6 Å². The molecule has 0 saturated carbocycles. The van der Waals surface area contributed by atoms with E-state index < -0.39 is 34.8 Å². The van der Waals surface area contributed by atoms with Gasteiger partial charge in [0, 0.05) is 42.8 Å². The number of carbonyl (C=O) groups excluding carboxylic acids is 2. The second kappa shape index (κ2) is 10.6. The Hall–Kier alpha value is -4.52. The summed E-state index contributed by atoms with van der Waals surface area (Å²) in [5.41, 5.74) is -1.05. The van der Waals surface area contributed by atoms with Gasteiger partial charge in [-0.25, -0.2) is 13.5 Å². The first kappa shape index (κ1) is 28.6. The number of carbonyl (C=O) groups is 2. The average molecular weight is 617 g/mol. The van der Waals surface area contributed by atoms with Gasteiger partial charge in [-0.1, -0.05) is 11.6 Å². The lowest BCUT2D eigenvalue weighted by molar-refractivity contribution is -0.140. The van der Waals surface area contributed by atoms with Crippen molar-refractivity contribution >= 4 is 29.1 Å². The third kappa shape index (κ3) is 5.07. The fraction of sp³-hybridized carbons (Fsp3) is 0.241. The number of likely N-dealkylation sites (tertiary alicyclic amines) is 1. The van der Waals surface area contributed by atoms with Crippen molar-refractivity contribution in [3.05, 3.63) is 94.9 Å². The topological polar surface area (TPSA) is 83.4 Å². The number of alkyl halides is 3. The molecular weight excluding hydrogens is 595 g/mol. The summed E-state index contributed by atoms with van der Waals surface area (Å²) in [6, 6.07) is 11.4. The molecule has 2 aliphatic heterocycles. The first-order valence-corrected chi connectivity index (χ1v) is 13.5. The Morgan fingerprint density at radius 1 is 0.977 bits per heavy atom. The molecule has 0 aliphatic carbocycles. The van der Waals surface area contributed by atoms with Gasteiger partial charge in [-0.05, 0) is 61.4 Å². The molecule has 14 heteroatoms. The van der Waals surface area contributed by atoms with Crippen LogP contribution < -0.4 is 10.2 Å². The standard InChI is InChI=1S/C29H22ClF5N6O2/c30-21-12-18(4-6-22(21)31)40-16-37-27(43)28(40)7-10-39(11-8-28)26(42)24-14-25(17-2-1-9-36-15-17)41(38-24)19-3-5-20(23(32)13-19)29(33,34)35/h1-6,9,12-15H,7-8,10-11,16H2,(H,37,43). The number of hydrogen-bond acceptors (Lipinski definition) is 5. The van der Waals surface area contributed by atoms with Gasteiger partial charge in [0.1, 0.15) is 17.2 Å². The van der Waals surface area contributed by atoms with Crippen LogP contribution in [0.15, 0.2) is 67.0 Å². The van der Waals surface area contributed by atoms with E-state index >= 15 is 0 Å². The zero-order valence-electron chi connectivity index (χ0n) is 22.2. The van der Waals surface area contributed by atoms with Crippen LogP contribution in [0.4, 0.5) is 27.6 Å². The molecule has 2 aliphatic rings. The van der Waals surface area contributed by atoms with Crippen molar-refractivity contribution in [2.45, 2.75) is 24.6 Å². The van der Waals surface area contributed by atoms with Crippen LogP contribution in [0.1, 0.15) is 28.9 Å². The predicted molar refractivity (Wildman–Crippen MR) is 147 cm³/mol. The quantitative estimate of drug-likeness (QED) is 0.308. The highest BCUT2D eigenvalue weighted by atomic mass is 35.5. The number of piperidine rings is 1. The zero-order chi connectivity index (χ0) is 30.5. The lowest BCUT2D eigenvalue weighted by Gasteiger charge is -2.43. The molecule has 0 radical (unpaired) electrons. The van der Waals surface area contributed by atoms with Crippen LogP contribution in [0, 0.1) is 11.6 Å². The van der Waals surface area contributed by atoms with Gasteiger partial charge in [0.2, 0.25) is 5.91 Å². The summed E-state index contributed by atoms with van der Waals surface area (Å²) in [6.45, 7) is 0.556. The van der Waals surface area contributed by atoms with E-state index in [0.29, 0.717) is 29.1 Å². The third-order valence-corrected chi connectivity index (χ3v) is 8.11. The number of benzene rings is 2. The highest BCUT2D eigenvalue weighted by Gasteiger charge is 2.51. The van der Waals surface area contributed by atoms with Gasteiger partial charge in [0.15, 0.2) is 5.69 Å². The second-order valence-corrected chi connectivity index (χ2v) is 10.7. The highest BCUT2D eigenvalue weighted by Crippen LogP contribution is 2.38. The molecular formula is C29H22ClF5N6O2. The van der Waals surface area contributed by atoms with E-state index in [-0.39, 0.29) is 54.9 Å². The molecule has 0 atom stereocenters. The van der Waals surface area contributed by atoms with Crippen LogP contribution in [0.2, 0.25) is 5.02 Å². The monoisotopic (exact) mass is 616 g/mol. The summed E-state index contributed by atoms with van der Waals surface area (Å²) in [4.78, 5) is 34.1. The van der Waals surface area contributed by atoms with Gasteiger partial charge in [0.25, 0.3) is 5.91 Å². The number of aromatic nitrogens is 3. The van der Waals surface area contributed by atoms with Crippen molar-refractivity contribution in [1.29, 1.82) is 0 Å². The van der Waals surface area contributed by atoms with E-state index in [1.54, 1.807) is 12.1 Å². The summed E-state index contributed by atoms with van der Waals surface area (Å²) in [5, 5.41) is 7.11. The number of anilines is 1. The summed E-state index contributed by atoms with van der Waals surface area (Å²) < 4.78 is 68.9. The molecule has 2 fully saturated rings. The van der Waals surface area contributed by atoms with Crippen LogP contribution >= 0.6 is 11.6 Å². The molecule has 2 aromatic heterocycles. The smallest absolute Gasteiger partial charge is 0.339 e. The predicted octanol–water partition coefficient (Wildman–Crippen LogP) is 5.45. The lowest BCUT2D eigenvalue weighted by atomic mass is 9.85. The number of halogens is 6. The summed E-state index contributed by atoms with van der Waals surface area (Å²) >= 11 is 5.98. The van der Waals surface area contributed by atoms with Crippen LogP contribution in [-0.2, 0) is 11.0 Å². The minimum Gasteiger partial charge on any atom is -0.339 e. The minimum atomic E-state index is -4.87. The minimum absolute atomic E-state index is 0.0165. The first-order valence-electron chi connectivity index (χ1n) is 13.2. The number of amides is 2. The highest BCUT2D eigenvalue weighted by molar-refractivity contribution is 6.31. The van der Waals surface area contributed by atoms with Gasteiger partial charge < -0.3 is 15.1 Å². The molecule has 2 saturated heterocycles. The number of rotatable bonds is 4. The Morgan fingerprint density at radius 2 is 1.72 bits per heavy atom. The molecule has 1 N–H and O–H groups in total. The molecule has 6 rings (SSSR count). The molecule has 2 aromatic carbocycles. The van der Waals surface area contributed by atoms with E-state index in [4.69, 9.17) is 11.6 Å². The van der Waals surface area contributed by atoms with Gasteiger partial charge in [-0.3, -0.25) is 14.6 Å². The number of pyridine rings is 1. The largest absolute Gasteiger partial charge is 0.419 e. The van der Waals surface area contributed by atoms with Crippen molar-refractivity contribution in [3.63, 3.8) is 0 Å². The Balaban J connectivity index is 1.29. The van der Waals surface area contributed by atoms with Gasteiger partial charge in [-0.2, -0.15) is 18.3 Å². The Bertz CT molecular complexity index is 1720. The lowest BCUT2D eigenvalue weighted by Crippen LogP contribution is -2.57. The van der Waals surface area contributed by atoms with Crippen LogP contribution in [0.3, 0.4) is 0 Å². The molecule has 0 bridgehead atoms. The number of nitrogens with one attached hydrogen (secondary N) is 1. The van der Waals surface area contributed by atoms with Crippen LogP contribution in [-0.4, -0.2) is 56.8 Å². The van der Waals surface area contributed by atoms with E-state index in [9.17, 15) is 31.5 Å². The maximum absolute atomic E-state index is 14.5. The fourth-order valence-electron chi connectivity index (χ4n) is 5.59. The average Bonchev–Trinajstić information content (AvgIpc) is 3.56. The van der Waals surface area contributed by atoms with Gasteiger partial charge >= 0.3 is 6.18 Å². The van der Waals surface area contributed by atoms with Crippen LogP contribution in [0.25, 0.3) is 16.9 Å². The zero-order valence-corrected chi connectivity index (χ0v) is 23.0. The van der Waals surface area contributed by atoms with Crippen LogP contribution in [0.5, 0.6) is 0 Å². The Labute approximate surface area is 246 Å². The molecule has 222 valence electrons. The Kier molecular flexibility index (Phi) is 7.07. The van der Waals surface area contributed by atoms with E-state index in [2.05, 4.69) is 15.4 Å². The van der Waals surface area contributed by atoms with Crippen molar-refractivity contribution in [2.24, 2.45) is 0 Å². The molecule has 4 heterocycles. The molecule has 8 nitrogen and oxygen atoms in total. The van der Waals surface area contributed by atoms with Crippen molar-refractivity contribution < 1.29 is 31.5 Å². The molecule has 43 heavy (non-hydrogen) atoms. The van der Waals surface area contributed by atoms with E-state index in [0.717, 1.165) is 6.07 Å². The number of hydrogen-bond donors (Lipinski definition) is 1. The van der Waals surface area contributed by atoms with Crippen molar-refractivity contribution in [1.82, 2.24) is 25.0 Å². The summed E-state index contributed by atoms with van der Waals surface area (Å²) in [5.74, 6) is -2.75. The first-order chi connectivity index (χ1) is 20.5. The molecule has 1 spiro atoms. The fourth-order valence-corrected chi connectivity index (χ4v) is 5.76. The van der Waals surface area contributed by atoms with E-state index in [1.807, 2.05) is 4.90 Å². The number of nitrogens with zero attached hydrogens (tertiary/aromatic N) is 5. The normalized spacial score (nSPS) is 16.6. The maximum atomic E-state index is 14.5. The second-order valence-electron chi connectivity index (χ2n) is 10.2. The Morgan fingerprint density at radius 3 is 2.37 bits per heavy atom. The summed E-state index contributed by atoms with van der Waals surface area (Å²) in [6.07, 6.45) is -1.33. The maximum Gasteiger partial charge on any atom is 0.419 e. The van der Waals surface area contributed by atoms with Crippen molar-refractivity contribution in [3.8, 4) is 16.9 Å². The van der Waals surface area contributed by atoms with Gasteiger partial charge in [-0.15, -0.1) is 0 Å². The van der Waals surface area contributed by atoms with Crippen molar-refractivity contribution in [2.75, 3.05) is 24.7 Å². The molecule has 0 unspecified atom stereocenters.